The number of aryl methyl sites for hydroxylation is 1. The van der Waals surface area contributed by atoms with Crippen LogP contribution >= 0.6 is 0 Å². The molecule has 0 spiro atoms. The Hall–Kier alpha value is -4.36. The molecule has 1 atom stereocenters. The smallest absolute Gasteiger partial charge is 0.249 e. The summed E-state index contributed by atoms with van der Waals surface area (Å²) in [5.74, 6) is 0.734. The van der Waals surface area contributed by atoms with Crippen molar-refractivity contribution in [1.82, 2.24) is 5.32 Å². The molecule has 7 heteroatoms. The number of ether oxygens (including phenoxy) is 2. The van der Waals surface area contributed by atoms with Crippen LogP contribution in [-0.2, 0) is 33.8 Å². The standard InChI is InChI=1S/C32H31BN2O4/c33-20-19-24-11-13-25(14-12-24)21-31(36)35-30(23-38-22-26-7-3-1-4-8-26)32(37)34-27-15-17-29(18-16-27)39-28-9-5-2-6-10-28/h1-18,30H,19-23H2,(H,34,37)(H,35,36). The van der Waals surface area contributed by atoms with Gasteiger partial charge in [0.05, 0.1) is 27.5 Å². The minimum Gasteiger partial charge on any atom is -0.457 e. The maximum absolute atomic E-state index is 13.2. The van der Waals surface area contributed by atoms with Crippen LogP contribution in [0.4, 0.5) is 5.69 Å². The van der Waals surface area contributed by atoms with Crippen molar-refractivity contribution in [3.63, 3.8) is 0 Å². The molecule has 2 radical (unpaired) electrons. The van der Waals surface area contributed by atoms with Crippen LogP contribution in [0.3, 0.4) is 0 Å². The summed E-state index contributed by atoms with van der Waals surface area (Å²) < 4.78 is 11.6. The summed E-state index contributed by atoms with van der Waals surface area (Å²) in [6, 6.07) is 33.0. The molecule has 0 aromatic heterocycles. The Bertz CT molecular complexity index is 1310. The van der Waals surface area contributed by atoms with Crippen molar-refractivity contribution in [1.29, 1.82) is 0 Å². The maximum atomic E-state index is 13.2. The molecule has 4 aromatic carbocycles. The average Bonchev–Trinajstić information content (AvgIpc) is 2.96. The van der Waals surface area contributed by atoms with E-state index in [9.17, 15) is 9.59 Å². The molecule has 4 aromatic rings. The third-order valence-electron chi connectivity index (χ3n) is 5.97. The van der Waals surface area contributed by atoms with Crippen LogP contribution in [0, 0.1) is 0 Å². The quantitative estimate of drug-likeness (QED) is 0.230. The highest BCUT2D eigenvalue weighted by molar-refractivity contribution is 6.08. The number of hydrogen-bond donors (Lipinski definition) is 2. The molecule has 39 heavy (non-hydrogen) atoms. The first-order valence-electron chi connectivity index (χ1n) is 12.9. The largest absolute Gasteiger partial charge is 0.457 e. The SMILES string of the molecule is [B]CCc1ccc(CC(=O)NC(COCc2ccccc2)C(=O)Nc2ccc(Oc3ccccc3)cc2)cc1. The Morgan fingerprint density at radius 1 is 0.718 bits per heavy atom. The number of para-hydroxylation sites is 1. The lowest BCUT2D eigenvalue weighted by Crippen LogP contribution is -2.47. The lowest BCUT2D eigenvalue weighted by Gasteiger charge is -2.19. The molecule has 4 rings (SSSR count). The maximum Gasteiger partial charge on any atom is 0.249 e. The van der Waals surface area contributed by atoms with E-state index >= 15 is 0 Å². The molecular formula is C32H31BN2O4. The molecule has 1 unspecified atom stereocenters. The van der Waals surface area contributed by atoms with Gasteiger partial charge in [0.15, 0.2) is 0 Å². The van der Waals surface area contributed by atoms with Crippen LogP contribution in [0.2, 0.25) is 6.32 Å². The van der Waals surface area contributed by atoms with E-state index in [0.717, 1.165) is 28.9 Å². The Balaban J connectivity index is 1.37. The van der Waals surface area contributed by atoms with Crippen molar-refractivity contribution in [2.24, 2.45) is 0 Å². The molecule has 196 valence electrons. The van der Waals surface area contributed by atoms with Gasteiger partial charge in [-0.15, -0.1) is 0 Å². The van der Waals surface area contributed by atoms with Crippen molar-refractivity contribution >= 4 is 25.3 Å². The van der Waals surface area contributed by atoms with Gasteiger partial charge in [-0.25, -0.2) is 0 Å². The van der Waals surface area contributed by atoms with E-state index in [1.54, 1.807) is 24.3 Å². The fourth-order valence-electron chi connectivity index (χ4n) is 3.93. The lowest BCUT2D eigenvalue weighted by molar-refractivity contribution is -0.127. The minimum atomic E-state index is -0.877. The molecule has 0 aliphatic carbocycles. The van der Waals surface area contributed by atoms with Gasteiger partial charge < -0.3 is 20.1 Å². The highest BCUT2D eigenvalue weighted by atomic mass is 16.5. The zero-order chi connectivity index (χ0) is 27.3. The van der Waals surface area contributed by atoms with Crippen LogP contribution in [0.25, 0.3) is 0 Å². The first kappa shape index (κ1) is 27.7. The first-order chi connectivity index (χ1) is 19.1. The first-order valence-corrected chi connectivity index (χ1v) is 12.9. The van der Waals surface area contributed by atoms with Crippen molar-refractivity contribution in [2.75, 3.05) is 11.9 Å². The van der Waals surface area contributed by atoms with Gasteiger partial charge in [-0.05, 0) is 59.5 Å². The molecule has 0 aliphatic heterocycles. The number of carbonyl (C=O) groups excluding carboxylic acids is 2. The second-order valence-electron chi connectivity index (χ2n) is 9.08. The fraction of sp³-hybridized carbons (Fsp3) is 0.188. The summed E-state index contributed by atoms with van der Waals surface area (Å²) in [5.41, 5.74) is 3.54. The number of benzene rings is 4. The van der Waals surface area contributed by atoms with Crippen molar-refractivity contribution < 1.29 is 19.1 Å². The van der Waals surface area contributed by atoms with E-state index in [1.165, 1.54) is 0 Å². The van der Waals surface area contributed by atoms with Gasteiger partial charge in [-0.1, -0.05) is 79.1 Å². The predicted molar refractivity (Wildman–Crippen MR) is 154 cm³/mol. The van der Waals surface area contributed by atoms with Crippen LogP contribution < -0.4 is 15.4 Å². The minimum absolute atomic E-state index is 0.0249. The molecule has 6 nitrogen and oxygen atoms in total. The third kappa shape index (κ3) is 9.16. The number of hydrogen-bond acceptors (Lipinski definition) is 4. The summed E-state index contributed by atoms with van der Waals surface area (Å²) in [6.07, 6.45) is 1.51. The van der Waals surface area contributed by atoms with E-state index in [2.05, 4.69) is 10.6 Å². The van der Waals surface area contributed by atoms with E-state index in [-0.39, 0.29) is 24.8 Å². The number of nitrogens with one attached hydrogen (secondary N) is 2. The van der Waals surface area contributed by atoms with E-state index in [1.807, 2.05) is 84.9 Å². The molecule has 0 bridgehead atoms. The van der Waals surface area contributed by atoms with Gasteiger partial charge in [0.1, 0.15) is 17.5 Å². The third-order valence-corrected chi connectivity index (χ3v) is 5.97. The summed E-state index contributed by atoms with van der Waals surface area (Å²) in [6.45, 7) is 0.353. The summed E-state index contributed by atoms with van der Waals surface area (Å²) in [4.78, 5) is 26.0. The number of amides is 2. The van der Waals surface area contributed by atoms with Crippen LogP contribution in [-0.4, -0.2) is 32.3 Å². The molecule has 0 heterocycles. The average molecular weight is 518 g/mol. The second-order valence-corrected chi connectivity index (χ2v) is 9.08. The normalized spacial score (nSPS) is 11.4. The predicted octanol–water partition coefficient (Wildman–Crippen LogP) is 5.49. The molecule has 0 saturated carbocycles. The van der Waals surface area contributed by atoms with Gasteiger partial charge in [0.2, 0.25) is 11.8 Å². The molecular weight excluding hydrogens is 487 g/mol. The summed E-state index contributed by atoms with van der Waals surface area (Å²) in [5, 5.41) is 5.71. The Labute approximate surface area is 230 Å². The number of anilines is 1. The molecule has 0 aliphatic rings. The van der Waals surface area contributed by atoms with Gasteiger partial charge in [0.25, 0.3) is 0 Å². The Morgan fingerprint density at radius 3 is 2.00 bits per heavy atom. The van der Waals surface area contributed by atoms with Gasteiger partial charge >= 0.3 is 0 Å². The zero-order valence-electron chi connectivity index (χ0n) is 21.7. The van der Waals surface area contributed by atoms with E-state index in [4.69, 9.17) is 17.3 Å². The lowest BCUT2D eigenvalue weighted by atomic mass is 9.96. The van der Waals surface area contributed by atoms with Crippen LogP contribution in [0.15, 0.2) is 109 Å². The monoisotopic (exact) mass is 518 g/mol. The highest BCUT2D eigenvalue weighted by Crippen LogP contribution is 2.22. The van der Waals surface area contributed by atoms with Crippen molar-refractivity contribution in [3.8, 4) is 11.5 Å². The topological polar surface area (TPSA) is 76.7 Å². The van der Waals surface area contributed by atoms with Crippen LogP contribution in [0.5, 0.6) is 11.5 Å². The fourth-order valence-corrected chi connectivity index (χ4v) is 3.93. The summed E-state index contributed by atoms with van der Waals surface area (Å²) >= 11 is 0. The Morgan fingerprint density at radius 2 is 1.33 bits per heavy atom. The molecule has 0 fully saturated rings. The Kier molecular flexibility index (Phi) is 10.3. The molecule has 2 amide bonds. The van der Waals surface area contributed by atoms with Crippen molar-refractivity contribution in [3.05, 3.63) is 126 Å². The van der Waals surface area contributed by atoms with Crippen molar-refractivity contribution in [2.45, 2.75) is 31.8 Å². The number of carbonyl (C=O) groups is 2. The van der Waals surface area contributed by atoms with Crippen LogP contribution in [0.1, 0.15) is 16.7 Å². The van der Waals surface area contributed by atoms with E-state index in [0.29, 0.717) is 24.4 Å². The van der Waals surface area contributed by atoms with Gasteiger partial charge in [-0.3, -0.25) is 9.59 Å². The highest BCUT2D eigenvalue weighted by Gasteiger charge is 2.22. The molecule has 2 N–H and O–H groups in total. The second kappa shape index (κ2) is 14.5. The van der Waals surface area contributed by atoms with E-state index < -0.39 is 6.04 Å². The number of rotatable bonds is 13. The molecule has 0 saturated heterocycles. The van der Waals surface area contributed by atoms with Gasteiger partial charge in [-0.2, -0.15) is 0 Å². The summed E-state index contributed by atoms with van der Waals surface area (Å²) in [7, 11) is 5.61. The van der Waals surface area contributed by atoms with Gasteiger partial charge in [0, 0.05) is 5.69 Å². The zero-order valence-corrected chi connectivity index (χ0v) is 21.7.